The first-order chi connectivity index (χ1) is 5.22. The highest BCUT2D eigenvalue weighted by molar-refractivity contribution is 4.75. The lowest BCUT2D eigenvalue weighted by Gasteiger charge is -2.16. The summed E-state index contributed by atoms with van der Waals surface area (Å²) >= 11 is 0. The Hall–Kier alpha value is -0.120. The molecule has 1 rings (SSSR count). The highest BCUT2D eigenvalue weighted by Crippen LogP contribution is 2.14. The van der Waals surface area contributed by atoms with Crippen molar-refractivity contribution in [2.75, 3.05) is 26.2 Å². The van der Waals surface area contributed by atoms with Crippen LogP contribution in [0.25, 0.3) is 0 Å². The van der Waals surface area contributed by atoms with Crippen molar-refractivity contribution < 1.29 is 10.2 Å². The molecule has 0 bridgehead atoms. The van der Waals surface area contributed by atoms with Crippen molar-refractivity contribution in [3.63, 3.8) is 0 Å². The lowest BCUT2D eigenvalue weighted by atomic mass is 10.1. The molecule has 1 unspecified atom stereocenters. The van der Waals surface area contributed by atoms with E-state index >= 15 is 0 Å². The summed E-state index contributed by atoms with van der Waals surface area (Å²) < 4.78 is 0. The molecule has 11 heavy (non-hydrogen) atoms. The maximum absolute atomic E-state index is 9.07. The Labute approximate surface area is 67.6 Å². The predicted molar refractivity (Wildman–Crippen MR) is 43.3 cm³/mol. The van der Waals surface area contributed by atoms with E-state index < -0.39 is 0 Å². The number of rotatable bonds is 3. The Morgan fingerprint density at radius 2 is 2.36 bits per heavy atom. The van der Waals surface area contributed by atoms with Gasteiger partial charge in [-0.1, -0.05) is 0 Å². The van der Waals surface area contributed by atoms with E-state index in [0.717, 1.165) is 26.1 Å². The molecule has 1 fully saturated rings. The van der Waals surface area contributed by atoms with Crippen LogP contribution in [0.2, 0.25) is 0 Å². The molecule has 0 spiro atoms. The number of hydrogen-bond donors (Lipinski definition) is 2. The lowest BCUT2D eigenvalue weighted by Crippen LogP contribution is -2.29. The molecule has 3 nitrogen and oxygen atoms in total. The Balaban J connectivity index is 2.19. The molecule has 0 aromatic carbocycles. The van der Waals surface area contributed by atoms with Crippen molar-refractivity contribution in [2.45, 2.75) is 19.4 Å². The number of hydrogen-bond acceptors (Lipinski definition) is 3. The zero-order valence-corrected chi connectivity index (χ0v) is 7.03. The van der Waals surface area contributed by atoms with Crippen LogP contribution < -0.4 is 0 Å². The zero-order valence-electron chi connectivity index (χ0n) is 7.03. The first-order valence-corrected chi connectivity index (χ1v) is 4.23. The Morgan fingerprint density at radius 1 is 1.64 bits per heavy atom. The highest BCUT2D eigenvalue weighted by atomic mass is 16.3. The highest BCUT2D eigenvalue weighted by Gasteiger charge is 2.21. The van der Waals surface area contributed by atoms with Crippen LogP contribution in [0.5, 0.6) is 0 Å². The van der Waals surface area contributed by atoms with Gasteiger partial charge in [0.05, 0.1) is 6.10 Å². The van der Waals surface area contributed by atoms with Crippen LogP contribution in [0.15, 0.2) is 0 Å². The van der Waals surface area contributed by atoms with Crippen LogP contribution in [0, 0.1) is 5.92 Å². The van der Waals surface area contributed by atoms with E-state index in [1.54, 1.807) is 6.92 Å². The van der Waals surface area contributed by atoms with Gasteiger partial charge >= 0.3 is 0 Å². The fourth-order valence-corrected chi connectivity index (χ4v) is 1.60. The van der Waals surface area contributed by atoms with Crippen LogP contribution in [-0.2, 0) is 0 Å². The number of aliphatic hydroxyl groups excluding tert-OH is 2. The van der Waals surface area contributed by atoms with Crippen LogP contribution in [-0.4, -0.2) is 47.5 Å². The molecule has 3 heteroatoms. The second-order valence-electron chi connectivity index (χ2n) is 3.45. The molecule has 0 saturated carbocycles. The van der Waals surface area contributed by atoms with Crippen molar-refractivity contribution in [2.24, 2.45) is 5.92 Å². The number of β-amino-alcohol motifs (C(OH)–C–C–N with tert-alkyl or cyclic N) is 1. The Bertz CT molecular complexity index is 117. The monoisotopic (exact) mass is 159 g/mol. The summed E-state index contributed by atoms with van der Waals surface area (Å²) in [5.41, 5.74) is 0. The fraction of sp³-hybridized carbons (Fsp3) is 1.00. The third-order valence-corrected chi connectivity index (χ3v) is 2.15. The summed E-state index contributed by atoms with van der Waals surface area (Å²) in [7, 11) is 0. The summed E-state index contributed by atoms with van der Waals surface area (Å²) in [6.45, 7) is 4.80. The van der Waals surface area contributed by atoms with Crippen LogP contribution >= 0.6 is 0 Å². The molecule has 1 aliphatic rings. The van der Waals surface area contributed by atoms with Gasteiger partial charge in [-0.05, 0) is 25.8 Å². The summed E-state index contributed by atoms with van der Waals surface area (Å²) in [4.78, 5) is 2.20. The summed E-state index contributed by atoms with van der Waals surface area (Å²) in [6.07, 6.45) is 0.830. The summed E-state index contributed by atoms with van der Waals surface area (Å²) in [6, 6.07) is 0. The molecular formula is C8H17NO2. The van der Waals surface area contributed by atoms with Crippen molar-refractivity contribution in [1.82, 2.24) is 4.90 Å². The van der Waals surface area contributed by atoms with Crippen molar-refractivity contribution in [3.05, 3.63) is 0 Å². The van der Waals surface area contributed by atoms with E-state index in [9.17, 15) is 0 Å². The minimum Gasteiger partial charge on any atom is -0.396 e. The van der Waals surface area contributed by atoms with Gasteiger partial charge in [-0.15, -0.1) is 0 Å². The van der Waals surface area contributed by atoms with Gasteiger partial charge in [-0.3, -0.25) is 0 Å². The van der Waals surface area contributed by atoms with Crippen LogP contribution in [0.4, 0.5) is 0 Å². The van der Waals surface area contributed by atoms with Gasteiger partial charge in [-0.2, -0.15) is 0 Å². The molecule has 0 amide bonds. The zero-order chi connectivity index (χ0) is 8.27. The van der Waals surface area contributed by atoms with Crippen molar-refractivity contribution in [3.8, 4) is 0 Å². The SMILES string of the molecule is C[C@@H](O)CN1CCC(CO)C1. The van der Waals surface area contributed by atoms with Gasteiger partial charge in [0.1, 0.15) is 0 Å². The van der Waals surface area contributed by atoms with Gasteiger partial charge < -0.3 is 15.1 Å². The maximum atomic E-state index is 9.07. The van der Waals surface area contributed by atoms with E-state index in [1.807, 2.05) is 0 Å². The molecule has 2 atom stereocenters. The molecule has 2 N–H and O–H groups in total. The van der Waals surface area contributed by atoms with E-state index in [4.69, 9.17) is 10.2 Å². The summed E-state index contributed by atoms with van der Waals surface area (Å²) in [5.74, 6) is 0.439. The molecule has 0 radical (unpaired) electrons. The molecule has 1 saturated heterocycles. The van der Waals surface area contributed by atoms with Crippen molar-refractivity contribution in [1.29, 1.82) is 0 Å². The minimum absolute atomic E-state index is 0.243. The summed E-state index contributed by atoms with van der Waals surface area (Å²) in [5, 5.41) is 17.9. The fourth-order valence-electron chi connectivity index (χ4n) is 1.60. The standard InChI is InChI=1S/C8H17NO2/c1-7(11)4-9-3-2-8(5-9)6-10/h7-8,10-11H,2-6H2,1H3/t7-,8?/m1/s1. The first-order valence-electron chi connectivity index (χ1n) is 4.23. The van der Waals surface area contributed by atoms with Gasteiger partial charge in [0.25, 0.3) is 0 Å². The van der Waals surface area contributed by atoms with E-state index in [-0.39, 0.29) is 12.7 Å². The Kier molecular flexibility index (Phi) is 3.30. The van der Waals surface area contributed by atoms with Gasteiger partial charge in [-0.25, -0.2) is 0 Å². The quantitative estimate of drug-likeness (QED) is 0.593. The molecule has 0 aliphatic carbocycles. The minimum atomic E-state index is -0.243. The number of aliphatic hydroxyl groups is 2. The number of nitrogens with zero attached hydrogens (tertiary/aromatic N) is 1. The van der Waals surface area contributed by atoms with E-state index in [0.29, 0.717) is 5.92 Å². The molecular weight excluding hydrogens is 142 g/mol. The predicted octanol–water partition coefficient (Wildman–Crippen LogP) is -0.319. The first kappa shape index (κ1) is 8.97. The molecule has 1 heterocycles. The normalized spacial score (nSPS) is 29.2. The largest absolute Gasteiger partial charge is 0.396 e. The van der Waals surface area contributed by atoms with Gasteiger partial charge in [0.15, 0.2) is 0 Å². The van der Waals surface area contributed by atoms with E-state index in [2.05, 4.69) is 4.90 Å². The van der Waals surface area contributed by atoms with E-state index in [1.165, 1.54) is 0 Å². The second kappa shape index (κ2) is 4.04. The molecule has 66 valence electrons. The molecule has 0 aromatic heterocycles. The molecule has 1 aliphatic heterocycles. The Morgan fingerprint density at radius 3 is 2.82 bits per heavy atom. The third kappa shape index (κ3) is 2.77. The second-order valence-corrected chi connectivity index (χ2v) is 3.45. The topological polar surface area (TPSA) is 43.7 Å². The van der Waals surface area contributed by atoms with Gasteiger partial charge in [0, 0.05) is 19.7 Å². The van der Waals surface area contributed by atoms with Crippen LogP contribution in [0.1, 0.15) is 13.3 Å². The van der Waals surface area contributed by atoms with Gasteiger partial charge in [0.2, 0.25) is 0 Å². The lowest BCUT2D eigenvalue weighted by molar-refractivity contribution is 0.134. The third-order valence-electron chi connectivity index (χ3n) is 2.15. The van der Waals surface area contributed by atoms with Crippen molar-refractivity contribution >= 4 is 0 Å². The van der Waals surface area contributed by atoms with Crippen LogP contribution in [0.3, 0.4) is 0 Å². The average molecular weight is 159 g/mol. The smallest absolute Gasteiger partial charge is 0.0639 e. The molecule has 0 aromatic rings. The number of likely N-dealkylation sites (tertiary alicyclic amines) is 1. The average Bonchev–Trinajstić information content (AvgIpc) is 2.34. The maximum Gasteiger partial charge on any atom is 0.0639 e.